The van der Waals surface area contributed by atoms with Gasteiger partial charge in [0.2, 0.25) is 0 Å². The first kappa shape index (κ1) is 22.7. The van der Waals surface area contributed by atoms with Gasteiger partial charge in [-0.05, 0) is 38.0 Å². The summed E-state index contributed by atoms with van der Waals surface area (Å²) in [6, 6.07) is 1.74. The maximum Gasteiger partial charge on any atom is 0.419 e. The van der Waals surface area contributed by atoms with E-state index >= 15 is 4.39 Å². The van der Waals surface area contributed by atoms with Gasteiger partial charge < -0.3 is 10.5 Å². The highest BCUT2D eigenvalue weighted by molar-refractivity contribution is 5.74. The van der Waals surface area contributed by atoms with Crippen molar-refractivity contribution >= 4 is 5.97 Å². The molecule has 0 radical (unpaired) electrons. The van der Waals surface area contributed by atoms with Crippen molar-refractivity contribution < 1.29 is 35.9 Å². The Labute approximate surface area is 163 Å². The monoisotopic (exact) mass is 419 g/mol. The Morgan fingerprint density at radius 2 is 1.76 bits per heavy atom. The van der Waals surface area contributed by atoms with Crippen LogP contribution in [0.15, 0.2) is 18.2 Å². The van der Waals surface area contributed by atoms with Crippen LogP contribution in [0.5, 0.6) is 0 Å². The molecule has 0 saturated heterocycles. The molecule has 2 aromatic carbocycles. The lowest BCUT2D eigenvalue weighted by atomic mass is 9.88. The van der Waals surface area contributed by atoms with Crippen LogP contribution in [0.2, 0.25) is 0 Å². The Kier molecular flexibility index (Phi) is 6.62. The van der Waals surface area contributed by atoms with E-state index in [4.69, 9.17) is 5.73 Å². The van der Waals surface area contributed by atoms with E-state index in [9.17, 15) is 26.7 Å². The van der Waals surface area contributed by atoms with Gasteiger partial charge in [0.1, 0.15) is 17.5 Å². The van der Waals surface area contributed by atoms with E-state index in [0.29, 0.717) is 5.56 Å². The molecule has 1 unspecified atom stereocenters. The van der Waals surface area contributed by atoms with Gasteiger partial charge in [-0.25, -0.2) is 13.2 Å². The zero-order valence-corrected chi connectivity index (χ0v) is 15.9. The van der Waals surface area contributed by atoms with Gasteiger partial charge in [0, 0.05) is 22.7 Å². The lowest BCUT2D eigenvalue weighted by Crippen LogP contribution is -2.23. The minimum Gasteiger partial charge on any atom is -0.466 e. The minimum absolute atomic E-state index is 0.0436. The molecule has 0 bridgehead atoms. The predicted octanol–water partition coefficient (Wildman–Crippen LogP) is 5.36. The molecule has 0 saturated carbocycles. The van der Waals surface area contributed by atoms with E-state index in [1.807, 2.05) is 0 Å². The summed E-state index contributed by atoms with van der Waals surface area (Å²) < 4.78 is 89.6. The number of halogens is 6. The lowest BCUT2D eigenvalue weighted by molar-refractivity contribution is -0.143. The summed E-state index contributed by atoms with van der Waals surface area (Å²) >= 11 is 0. The zero-order chi connectivity index (χ0) is 22.1. The molecular formula is C20H19F6NO2. The first-order valence-electron chi connectivity index (χ1n) is 8.66. The van der Waals surface area contributed by atoms with Gasteiger partial charge >= 0.3 is 12.1 Å². The van der Waals surface area contributed by atoms with Crippen LogP contribution in [0.4, 0.5) is 26.3 Å². The van der Waals surface area contributed by atoms with Gasteiger partial charge in [-0.1, -0.05) is 12.1 Å². The van der Waals surface area contributed by atoms with E-state index in [1.54, 1.807) is 6.92 Å². The van der Waals surface area contributed by atoms with Crippen molar-refractivity contribution in [3.05, 3.63) is 57.9 Å². The van der Waals surface area contributed by atoms with Crippen LogP contribution in [-0.2, 0) is 15.7 Å². The topological polar surface area (TPSA) is 52.3 Å². The highest BCUT2D eigenvalue weighted by atomic mass is 19.4. The van der Waals surface area contributed by atoms with Crippen molar-refractivity contribution in [3.8, 4) is 11.1 Å². The highest BCUT2D eigenvalue weighted by Gasteiger charge is 2.41. The van der Waals surface area contributed by atoms with Crippen LogP contribution in [0.25, 0.3) is 11.1 Å². The van der Waals surface area contributed by atoms with Gasteiger partial charge in [-0.3, -0.25) is 4.79 Å². The molecule has 0 fully saturated rings. The van der Waals surface area contributed by atoms with E-state index in [2.05, 4.69) is 4.74 Å². The fourth-order valence-electron chi connectivity index (χ4n) is 3.13. The third-order valence-electron chi connectivity index (χ3n) is 4.40. The molecule has 0 spiro atoms. The number of hydrogen-bond acceptors (Lipinski definition) is 3. The third-order valence-corrected chi connectivity index (χ3v) is 4.40. The molecule has 2 aromatic rings. The SMILES string of the molecule is CCOC(=O)CC(N)c1c(F)c(-c2ccc(C)cc2F)c(C)c(C(F)(F)F)c1F. The molecule has 0 amide bonds. The van der Waals surface area contributed by atoms with Crippen molar-refractivity contribution in [2.45, 2.75) is 39.4 Å². The lowest BCUT2D eigenvalue weighted by Gasteiger charge is -2.22. The molecule has 1 atom stereocenters. The first-order chi connectivity index (χ1) is 13.4. The predicted molar refractivity (Wildman–Crippen MR) is 94.4 cm³/mol. The molecule has 0 aliphatic heterocycles. The number of aryl methyl sites for hydroxylation is 1. The largest absolute Gasteiger partial charge is 0.466 e. The van der Waals surface area contributed by atoms with E-state index < -0.39 is 69.9 Å². The number of carbonyl (C=O) groups excluding carboxylic acids is 1. The quantitative estimate of drug-likeness (QED) is 0.525. The van der Waals surface area contributed by atoms with E-state index in [-0.39, 0.29) is 6.61 Å². The highest BCUT2D eigenvalue weighted by Crippen LogP contribution is 2.43. The number of nitrogens with two attached hydrogens (primary N) is 1. The fraction of sp³-hybridized carbons (Fsp3) is 0.350. The van der Waals surface area contributed by atoms with E-state index in [0.717, 1.165) is 19.1 Å². The molecular weight excluding hydrogens is 400 g/mol. The van der Waals surface area contributed by atoms with Crippen molar-refractivity contribution in [3.63, 3.8) is 0 Å². The summed E-state index contributed by atoms with van der Waals surface area (Å²) in [7, 11) is 0. The van der Waals surface area contributed by atoms with Crippen LogP contribution >= 0.6 is 0 Å². The number of hydrogen-bond donors (Lipinski definition) is 1. The smallest absolute Gasteiger partial charge is 0.419 e. The molecule has 0 heterocycles. The third kappa shape index (κ3) is 4.55. The molecule has 9 heteroatoms. The Morgan fingerprint density at radius 1 is 1.14 bits per heavy atom. The van der Waals surface area contributed by atoms with Gasteiger partial charge in [-0.15, -0.1) is 0 Å². The Hall–Kier alpha value is -2.55. The summed E-state index contributed by atoms with van der Waals surface area (Å²) in [5.74, 6) is -5.29. The van der Waals surface area contributed by atoms with Gasteiger partial charge in [0.25, 0.3) is 0 Å². The Balaban J connectivity index is 2.82. The van der Waals surface area contributed by atoms with Gasteiger partial charge in [-0.2, -0.15) is 13.2 Å². The van der Waals surface area contributed by atoms with Crippen molar-refractivity contribution in [2.24, 2.45) is 5.73 Å². The van der Waals surface area contributed by atoms with Gasteiger partial charge in [0.15, 0.2) is 0 Å². The summed E-state index contributed by atoms with van der Waals surface area (Å²) in [5.41, 5.74) is 1.16. The second-order valence-electron chi connectivity index (χ2n) is 6.51. The van der Waals surface area contributed by atoms with Crippen molar-refractivity contribution in [1.82, 2.24) is 0 Å². The van der Waals surface area contributed by atoms with Crippen LogP contribution in [0.1, 0.15) is 41.6 Å². The summed E-state index contributed by atoms with van der Waals surface area (Å²) in [6.07, 6.45) is -5.95. The second-order valence-corrected chi connectivity index (χ2v) is 6.51. The first-order valence-corrected chi connectivity index (χ1v) is 8.66. The van der Waals surface area contributed by atoms with Crippen LogP contribution in [0, 0.1) is 31.3 Å². The molecule has 2 N–H and O–H groups in total. The number of benzene rings is 2. The van der Waals surface area contributed by atoms with Crippen molar-refractivity contribution in [1.29, 1.82) is 0 Å². The van der Waals surface area contributed by atoms with E-state index in [1.165, 1.54) is 13.0 Å². The Bertz CT molecular complexity index is 940. The molecule has 158 valence electrons. The molecule has 0 aliphatic carbocycles. The normalized spacial score (nSPS) is 12.8. The summed E-state index contributed by atoms with van der Waals surface area (Å²) in [6.45, 7) is 3.83. The van der Waals surface area contributed by atoms with Crippen molar-refractivity contribution in [2.75, 3.05) is 6.61 Å². The van der Waals surface area contributed by atoms with Gasteiger partial charge in [0.05, 0.1) is 18.6 Å². The zero-order valence-electron chi connectivity index (χ0n) is 15.9. The van der Waals surface area contributed by atoms with Crippen LogP contribution in [0.3, 0.4) is 0 Å². The molecule has 29 heavy (non-hydrogen) atoms. The molecule has 0 aromatic heterocycles. The maximum absolute atomic E-state index is 15.2. The number of rotatable bonds is 5. The minimum atomic E-state index is -5.20. The standard InChI is InChI=1S/C20H19F6NO2/c1-4-29-14(28)8-13(27)16-18(22)15(11-6-5-9(2)7-12(11)21)10(3)17(19(16)23)20(24,25)26/h5-7,13H,4,8,27H2,1-3H3. The maximum atomic E-state index is 15.2. The van der Waals surface area contributed by atoms with Crippen LogP contribution in [-0.4, -0.2) is 12.6 Å². The number of alkyl halides is 3. The summed E-state index contributed by atoms with van der Waals surface area (Å²) in [5, 5.41) is 0. The van der Waals surface area contributed by atoms with Crippen LogP contribution < -0.4 is 5.73 Å². The molecule has 3 nitrogen and oxygen atoms in total. The average Bonchev–Trinajstić information content (AvgIpc) is 2.55. The summed E-state index contributed by atoms with van der Waals surface area (Å²) in [4.78, 5) is 11.6. The molecule has 2 rings (SSSR count). The Morgan fingerprint density at radius 3 is 2.28 bits per heavy atom. The number of esters is 1. The number of carbonyl (C=O) groups is 1. The number of ether oxygens (including phenoxy) is 1. The average molecular weight is 419 g/mol. The second kappa shape index (κ2) is 8.44. The fourth-order valence-corrected chi connectivity index (χ4v) is 3.13. The molecule has 0 aliphatic rings.